The molecule has 0 amide bonds. The molecule has 15 heavy (non-hydrogen) atoms. The summed E-state index contributed by atoms with van der Waals surface area (Å²) in [6, 6.07) is 0. The summed E-state index contributed by atoms with van der Waals surface area (Å²) in [5.74, 6) is 0.521. The molecule has 0 saturated carbocycles. The summed E-state index contributed by atoms with van der Waals surface area (Å²) in [6.07, 6.45) is 0. The quantitative estimate of drug-likeness (QED) is 0.779. The fraction of sp³-hybridized carbons (Fsp3) is 0.444. The van der Waals surface area contributed by atoms with Crippen molar-refractivity contribution in [3.8, 4) is 10.8 Å². The maximum atomic E-state index is 5.28. The van der Waals surface area contributed by atoms with Crippen molar-refractivity contribution in [2.45, 2.75) is 26.2 Å². The number of aromatic nitrogens is 3. The molecule has 0 fully saturated rings. The maximum Gasteiger partial charge on any atom is 0.284 e. The third-order valence-corrected chi connectivity index (χ3v) is 2.90. The molecule has 2 heterocycles. The van der Waals surface area contributed by atoms with Gasteiger partial charge in [0.2, 0.25) is 0 Å². The van der Waals surface area contributed by atoms with Crippen molar-refractivity contribution in [2.24, 2.45) is 0 Å². The van der Waals surface area contributed by atoms with Crippen molar-refractivity contribution in [1.82, 2.24) is 15.2 Å². The lowest BCUT2D eigenvalue weighted by Crippen LogP contribution is -2.12. The van der Waals surface area contributed by atoms with Gasteiger partial charge < -0.3 is 4.42 Å². The topological polar surface area (TPSA) is 54.7 Å². The van der Waals surface area contributed by atoms with Crippen LogP contribution < -0.4 is 0 Å². The molecular weight excluding hydrogens is 230 g/mol. The van der Waals surface area contributed by atoms with Crippen molar-refractivity contribution < 1.29 is 4.42 Å². The van der Waals surface area contributed by atoms with Gasteiger partial charge in [-0.3, -0.25) is 0 Å². The third-order valence-electron chi connectivity index (χ3n) is 1.91. The molecule has 0 bridgehead atoms. The molecule has 0 aliphatic heterocycles. The van der Waals surface area contributed by atoms with Crippen molar-refractivity contribution in [1.29, 1.82) is 0 Å². The molecule has 0 aromatic carbocycles. The predicted octanol–water partition coefficient (Wildman–Crippen LogP) is 3.15. The SMILES string of the molecule is CC(C)(C)c1ncsc1-c1n[nH]c(=S)o1. The van der Waals surface area contributed by atoms with Gasteiger partial charge in [-0.2, -0.15) is 0 Å². The van der Waals surface area contributed by atoms with Crippen LogP contribution in [0.4, 0.5) is 0 Å². The first-order valence-corrected chi connectivity index (χ1v) is 5.77. The van der Waals surface area contributed by atoms with Gasteiger partial charge >= 0.3 is 0 Å². The zero-order valence-electron chi connectivity index (χ0n) is 8.70. The van der Waals surface area contributed by atoms with Crippen LogP contribution in [-0.2, 0) is 5.41 Å². The second kappa shape index (κ2) is 3.53. The highest BCUT2D eigenvalue weighted by molar-refractivity contribution is 7.71. The number of nitrogens with zero attached hydrogens (tertiary/aromatic N) is 2. The van der Waals surface area contributed by atoms with Gasteiger partial charge in [-0.1, -0.05) is 20.8 Å². The molecule has 1 N–H and O–H groups in total. The fourth-order valence-corrected chi connectivity index (χ4v) is 2.31. The van der Waals surface area contributed by atoms with E-state index < -0.39 is 0 Å². The molecule has 0 aliphatic rings. The van der Waals surface area contributed by atoms with E-state index in [4.69, 9.17) is 16.6 Å². The highest BCUT2D eigenvalue weighted by atomic mass is 32.1. The second-order valence-corrected chi connectivity index (χ2v) is 5.42. The van der Waals surface area contributed by atoms with Crippen molar-refractivity contribution >= 4 is 23.6 Å². The van der Waals surface area contributed by atoms with E-state index in [0.717, 1.165) is 10.6 Å². The van der Waals surface area contributed by atoms with E-state index in [1.165, 1.54) is 11.3 Å². The van der Waals surface area contributed by atoms with E-state index in [-0.39, 0.29) is 5.41 Å². The highest BCUT2D eigenvalue weighted by Crippen LogP contribution is 2.33. The first-order chi connectivity index (χ1) is 6.98. The minimum absolute atomic E-state index is 0.0224. The lowest BCUT2D eigenvalue weighted by atomic mass is 9.91. The second-order valence-electron chi connectivity index (χ2n) is 4.20. The largest absolute Gasteiger partial charge is 0.408 e. The maximum absolute atomic E-state index is 5.28. The number of hydrogen-bond acceptors (Lipinski definition) is 5. The molecule has 0 unspecified atom stereocenters. The Hall–Kier alpha value is -1.01. The average Bonchev–Trinajstić information content (AvgIpc) is 2.68. The van der Waals surface area contributed by atoms with Gasteiger partial charge in [0.1, 0.15) is 4.88 Å². The molecule has 0 spiro atoms. The lowest BCUT2D eigenvalue weighted by molar-refractivity contribution is 0.542. The summed E-state index contributed by atoms with van der Waals surface area (Å²) in [6.45, 7) is 6.31. The van der Waals surface area contributed by atoms with Gasteiger partial charge in [-0.15, -0.1) is 16.4 Å². The molecule has 2 aromatic heterocycles. The van der Waals surface area contributed by atoms with Crippen LogP contribution in [0, 0.1) is 4.84 Å². The Labute approximate surface area is 96.4 Å². The Morgan fingerprint density at radius 2 is 2.20 bits per heavy atom. The van der Waals surface area contributed by atoms with Crippen LogP contribution in [0.5, 0.6) is 0 Å². The molecule has 0 aliphatic carbocycles. The standard InChI is InChI=1S/C9H11N3OS2/c1-9(2,3)6-5(15-4-10-6)7-11-12-8(14)13-7/h4H,1-3H3,(H,12,14). The van der Waals surface area contributed by atoms with Gasteiger partial charge in [0.15, 0.2) is 0 Å². The first kappa shape index (κ1) is 10.5. The number of thiazole rings is 1. The monoisotopic (exact) mass is 241 g/mol. The van der Waals surface area contributed by atoms with Crippen molar-refractivity contribution in [2.75, 3.05) is 0 Å². The van der Waals surface area contributed by atoms with E-state index in [2.05, 4.69) is 36.0 Å². The normalized spacial score (nSPS) is 11.9. The molecule has 4 nitrogen and oxygen atoms in total. The van der Waals surface area contributed by atoms with E-state index >= 15 is 0 Å². The molecule has 0 atom stereocenters. The number of aromatic amines is 1. The van der Waals surface area contributed by atoms with Crippen LogP contribution in [0.1, 0.15) is 26.5 Å². The number of hydrogen-bond donors (Lipinski definition) is 1. The van der Waals surface area contributed by atoms with E-state index in [0.29, 0.717) is 10.7 Å². The molecule has 80 valence electrons. The summed E-state index contributed by atoms with van der Waals surface area (Å²) in [4.78, 5) is 5.57. The Kier molecular flexibility index (Phi) is 2.47. The molecule has 0 radical (unpaired) electrons. The van der Waals surface area contributed by atoms with E-state index in [1.807, 2.05) is 0 Å². The number of nitrogens with one attached hydrogen (secondary N) is 1. The van der Waals surface area contributed by atoms with Crippen LogP contribution in [-0.4, -0.2) is 15.2 Å². The third kappa shape index (κ3) is 2.00. The predicted molar refractivity (Wildman–Crippen MR) is 61.5 cm³/mol. The van der Waals surface area contributed by atoms with Crippen LogP contribution >= 0.6 is 23.6 Å². The summed E-state index contributed by atoms with van der Waals surface area (Å²) in [7, 11) is 0. The highest BCUT2D eigenvalue weighted by Gasteiger charge is 2.24. The fourth-order valence-electron chi connectivity index (χ4n) is 1.26. The van der Waals surface area contributed by atoms with Crippen LogP contribution in [0.15, 0.2) is 9.93 Å². The zero-order valence-corrected chi connectivity index (χ0v) is 10.3. The molecular formula is C9H11N3OS2. The average molecular weight is 241 g/mol. The van der Waals surface area contributed by atoms with Gasteiger partial charge in [-0.25, -0.2) is 10.1 Å². The summed E-state index contributed by atoms with van der Waals surface area (Å²) < 4.78 is 5.28. The van der Waals surface area contributed by atoms with Crippen molar-refractivity contribution in [3.63, 3.8) is 0 Å². The van der Waals surface area contributed by atoms with Gasteiger partial charge in [-0.05, 0) is 12.2 Å². The summed E-state index contributed by atoms with van der Waals surface area (Å²) in [5, 5.41) is 6.62. The minimum Gasteiger partial charge on any atom is -0.408 e. The minimum atomic E-state index is -0.0224. The van der Waals surface area contributed by atoms with Gasteiger partial charge in [0, 0.05) is 5.41 Å². The summed E-state index contributed by atoms with van der Waals surface area (Å²) in [5.41, 5.74) is 2.76. The van der Waals surface area contributed by atoms with E-state index in [9.17, 15) is 0 Å². The number of rotatable bonds is 1. The van der Waals surface area contributed by atoms with Crippen LogP contribution in [0.3, 0.4) is 0 Å². The molecule has 2 aromatic rings. The summed E-state index contributed by atoms with van der Waals surface area (Å²) >= 11 is 6.35. The Morgan fingerprint density at radius 1 is 1.47 bits per heavy atom. The first-order valence-electron chi connectivity index (χ1n) is 4.48. The Balaban J connectivity index is 2.55. The number of H-pyrrole nitrogens is 1. The zero-order chi connectivity index (χ0) is 11.1. The smallest absolute Gasteiger partial charge is 0.284 e. The van der Waals surface area contributed by atoms with E-state index in [1.54, 1.807) is 5.51 Å². The molecule has 2 rings (SSSR count). The van der Waals surface area contributed by atoms with Crippen molar-refractivity contribution in [3.05, 3.63) is 16.0 Å². The molecule has 6 heteroatoms. The van der Waals surface area contributed by atoms with Gasteiger partial charge in [0.05, 0.1) is 11.2 Å². The lowest BCUT2D eigenvalue weighted by Gasteiger charge is -2.16. The van der Waals surface area contributed by atoms with Gasteiger partial charge in [0.25, 0.3) is 10.7 Å². The molecule has 0 saturated heterocycles. The van der Waals surface area contributed by atoms with Crippen LogP contribution in [0.2, 0.25) is 0 Å². The Morgan fingerprint density at radius 3 is 2.73 bits per heavy atom. The Bertz CT molecular complexity index is 518. The van der Waals surface area contributed by atoms with Crippen LogP contribution in [0.25, 0.3) is 10.8 Å².